The molecule has 0 radical (unpaired) electrons. The van der Waals surface area contributed by atoms with Crippen molar-refractivity contribution in [3.8, 4) is 11.5 Å². The van der Waals surface area contributed by atoms with Crippen molar-refractivity contribution in [2.45, 2.75) is 6.61 Å². The Morgan fingerprint density at radius 1 is 1.13 bits per heavy atom. The summed E-state index contributed by atoms with van der Waals surface area (Å²) in [6, 6.07) is 14.9. The van der Waals surface area contributed by atoms with Gasteiger partial charge in [0.2, 0.25) is 0 Å². The number of hydrazone groups is 1. The summed E-state index contributed by atoms with van der Waals surface area (Å²) in [6.07, 6.45) is 1.53. The van der Waals surface area contributed by atoms with Crippen molar-refractivity contribution in [2.75, 3.05) is 7.11 Å². The Labute approximate surface area is 209 Å². The first-order valence-electron chi connectivity index (χ1n) is 8.90. The van der Waals surface area contributed by atoms with E-state index in [1.54, 1.807) is 37.4 Å². The highest BCUT2D eigenvalue weighted by Crippen LogP contribution is 2.35. The summed E-state index contributed by atoms with van der Waals surface area (Å²) in [4.78, 5) is 12.3. The number of rotatable bonds is 7. The fourth-order valence-electron chi connectivity index (χ4n) is 2.56. The van der Waals surface area contributed by atoms with Crippen LogP contribution in [0, 0.1) is 9.39 Å². The van der Waals surface area contributed by atoms with E-state index in [0.717, 1.165) is 14.7 Å². The quantitative estimate of drug-likeness (QED) is 0.184. The summed E-state index contributed by atoms with van der Waals surface area (Å²) < 4.78 is 26.4. The molecule has 1 N–H and O–H groups in total. The van der Waals surface area contributed by atoms with Gasteiger partial charge in [0.05, 0.1) is 25.8 Å². The lowest BCUT2D eigenvalue weighted by Crippen LogP contribution is -2.17. The van der Waals surface area contributed by atoms with E-state index in [1.807, 2.05) is 12.1 Å². The molecule has 3 aromatic rings. The van der Waals surface area contributed by atoms with Crippen LogP contribution >= 0.6 is 54.5 Å². The van der Waals surface area contributed by atoms with Crippen molar-refractivity contribution in [3.63, 3.8) is 0 Å². The largest absolute Gasteiger partial charge is 0.496 e. The van der Waals surface area contributed by atoms with E-state index in [1.165, 1.54) is 18.3 Å². The third kappa shape index (κ3) is 6.50. The van der Waals surface area contributed by atoms with Crippen LogP contribution in [0.1, 0.15) is 21.5 Å². The second-order valence-corrected chi connectivity index (χ2v) is 9.15. The molecule has 0 saturated carbocycles. The first-order chi connectivity index (χ1) is 14.9. The number of methoxy groups -OCH3 is 1. The van der Waals surface area contributed by atoms with Crippen molar-refractivity contribution >= 4 is 66.6 Å². The topological polar surface area (TPSA) is 59.9 Å². The van der Waals surface area contributed by atoms with Crippen LogP contribution in [0.3, 0.4) is 0 Å². The van der Waals surface area contributed by atoms with Crippen LogP contribution in [0.2, 0.25) is 0 Å². The van der Waals surface area contributed by atoms with Crippen molar-refractivity contribution in [1.29, 1.82) is 0 Å². The first-order valence-corrected chi connectivity index (χ1v) is 11.6. The Morgan fingerprint density at radius 2 is 1.81 bits per heavy atom. The molecule has 31 heavy (non-hydrogen) atoms. The number of carbonyl (C=O) groups is 1. The smallest absolute Gasteiger partial charge is 0.271 e. The Morgan fingerprint density at radius 3 is 2.45 bits per heavy atom. The molecule has 0 aliphatic heterocycles. The predicted octanol–water partition coefficient (Wildman–Crippen LogP) is 6.31. The number of halogens is 4. The lowest BCUT2D eigenvalue weighted by atomic mass is 10.2. The maximum absolute atomic E-state index is 13.0. The summed E-state index contributed by atoms with van der Waals surface area (Å²) >= 11 is 9.10. The van der Waals surface area contributed by atoms with Gasteiger partial charge in [-0.3, -0.25) is 4.79 Å². The molecule has 3 rings (SSSR count). The number of nitrogens with zero attached hydrogens (tertiary/aromatic N) is 1. The highest BCUT2D eigenvalue weighted by atomic mass is 127. The third-order valence-electron chi connectivity index (χ3n) is 4.11. The number of ether oxygens (including phenoxy) is 2. The average molecular weight is 662 g/mol. The maximum Gasteiger partial charge on any atom is 0.271 e. The number of amides is 1. The van der Waals surface area contributed by atoms with Gasteiger partial charge in [-0.15, -0.1) is 0 Å². The van der Waals surface area contributed by atoms with Crippen LogP contribution in [0.15, 0.2) is 68.6 Å². The van der Waals surface area contributed by atoms with Gasteiger partial charge in [-0.25, -0.2) is 9.82 Å². The van der Waals surface area contributed by atoms with Gasteiger partial charge >= 0.3 is 0 Å². The summed E-state index contributed by atoms with van der Waals surface area (Å²) in [5.74, 6) is 0.601. The summed E-state index contributed by atoms with van der Waals surface area (Å²) in [7, 11) is 1.56. The lowest BCUT2D eigenvalue weighted by Gasteiger charge is -2.11. The number of hydrogen-bond donors (Lipinski definition) is 1. The number of nitrogens with one attached hydrogen (secondary N) is 1. The minimum absolute atomic E-state index is 0.289. The maximum atomic E-state index is 13.0. The second kappa shape index (κ2) is 11.1. The van der Waals surface area contributed by atoms with Gasteiger partial charge in [0.25, 0.3) is 5.91 Å². The van der Waals surface area contributed by atoms with E-state index in [-0.39, 0.29) is 11.7 Å². The monoisotopic (exact) mass is 660 g/mol. The van der Waals surface area contributed by atoms with Gasteiger partial charge in [-0.1, -0.05) is 12.1 Å². The molecule has 0 atom stereocenters. The zero-order chi connectivity index (χ0) is 22.4. The van der Waals surface area contributed by atoms with E-state index in [2.05, 4.69) is 65.0 Å². The highest BCUT2D eigenvalue weighted by Gasteiger charge is 2.10. The molecule has 0 aliphatic rings. The Bertz CT molecular complexity index is 1100. The van der Waals surface area contributed by atoms with Crippen LogP contribution in [-0.4, -0.2) is 19.2 Å². The standard InChI is InChI=1S/C22H16Br2FIN2O3/c1-30-20-10-15(4-7-19(20)26)22(29)28-27-11-14-8-17(23)21(18(24)9-14)31-12-13-2-5-16(25)6-3-13/h2-11H,12H2,1H3,(H,28,29)/b27-11-. The summed E-state index contributed by atoms with van der Waals surface area (Å²) in [5, 5.41) is 4.02. The molecule has 0 saturated heterocycles. The van der Waals surface area contributed by atoms with Crippen LogP contribution in [0.5, 0.6) is 11.5 Å². The Kier molecular flexibility index (Phi) is 8.44. The molecule has 0 fully saturated rings. The third-order valence-corrected chi connectivity index (χ3v) is 6.18. The molecule has 0 aromatic heterocycles. The van der Waals surface area contributed by atoms with Crippen molar-refractivity contribution in [3.05, 3.63) is 89.6 Å². The van der Waals surface area contributed by atoms with Crippen LogP contribution < -0.4 is 14.9 Å². The lowest BCUT2D eigenvalue weighted by molar-refractivity contribution is 0.0954. The molecule has 0 bridgehead atoms. The zero-order valence-corrected chi connectivity index (χ0v) is 21.5. The molecule has 160 valence electrons. The Balaban J connectivity index is 1.64. The molecule has 1 amide bonds. The van der Waals surface area contributed by atoms with Crippen LogP contribution in [-0.2, 0) is 6.61 Å². The predicted molar refractivity (Wildman–Crippen MR) is 133 cm³/mol. The van der Waals surface area contributed by atoms with E-state index in [4.69, 9.17) is 9.47 Å². The summed E-state index contributed by atoms with van der Waals surface area (Å²) in [6.45, 7) is 0.292. The molecule has 0 spiro atoms. The average Bonchev–Trinajstić information content (AvgIpc) is 2.74. The van der Waals surface area contributed by atoms with Crippen LogP contribution in [0.4, 0.5) is 4.39 Å². The first kappa shape index (κ1) is 23.7. The van der Waals surface area contributed by atoms with Gasteiger partial charge in [0.15, 0.2) is 0 Å². The molecule has 0 unspecified atom stereocenters. The number of carbonyl (C=O) groups excluding carboxylic acids is 1. The molecule has 0 aliphatic carbocycles. The van der Waals surface area contributed by atoms with Gasteiger partial charge in [0, 0.05) is 5.56 Å². The van der Waals surface area contributed by atoms with Gasteiger partial charge in [0.1, 0.15) is 23.9 Å². The molecular weight excluding hydrogens is 646 g/mol. The van der Waals surface area contributed by atoms with Gasteiger partial charge < -0.3 is 9.47 Å². The molecule has 5 nitrogen and oxygen atoms in total. The van der Waals surface area contributed by atoms with Crippen molar-refractivity contribution in [2.24, 2.45) is 5.10 Å². The normalized spacial score (nSPS) is 10.9. The minimum Gasteiger partial charge on any atom is -0.496 e. The number of benzene rings is 3. The SMILES string of the molecule is COc1cc(C(=O)N/N=C\c2cc(Br)c(OCc3ccc(F)cc3)c(Br)c2)ccc1I. The molecular formula is C22H16Br2FIN2O3. The van der Waals surface area contributed by atoms with E-state index >= 15 is 0 Å². The number of hydrogen-bond acceptors (Lipinski definition) is 4. The molecule has 9 heteroatoms. The molecule has 3 aromatic carbocycles. The Hall–Kier alpha value is -1.98. The van der Waals surface area contributed by atoms with E-state index in [0.29, 0.717) is 32.6 Å². The highest BCUT2D eigenvalue weighted by molar-refractivity contribution is 14.1. The molecule has 0 heterocycles. The van der Waals surface area contributed by atoms with Gasteiger partial charge in [-0.2, -0.15) is 5.10 Å². The van der Waals surface area contributed by atoms with Crippen molar-refractivity contribution in [1.82, 2.24) is 5.43 Å². The van der Waals surface area contributed by atoms with Crippen LogP contribution in [0.25, 0.3) is 0 Å². The minimum atomic E-state index is -0.344. The summed E-state index contributed by atoms with van der Waals surface area (Å²) in [5.41, 5.74) is 4.54. The fourth-order valence-corrected chi connectivity index (χ4v) is 4.57. The van der Waals surface area contributed by atoms with Gasteiger partial charge in [-0.05, 0) is 108 Å². The van der Waals surface area contributed by atoms with Crippen molar-refractivity contribution < 1.29 is 18.7 Å². The second-order valence-electron chi connectivity index (χ2n) is 6.28. The zero-order valence-electron chi connectivity index (χ0n) is 16.2. The fraction of sp³-hybridized carbons (Fsp3) is 0.0909. The van der Waals surface area contributed by atoms with E-state index < -0.39 is 0 Å². The van der Waals surface area contributed by atoms with E-state index in [9.17, 15) is 9.18 Å².